The summed E-state index contributed by atoms with van der Waals surface area (Å²) in [4.78, 5) is 21.4. The fourth-order valence-electron chi connectivity index (χ4n) is 4.40. The molecule has 12 heteroatoms. The zero-order chi connectivity index (χ0) is 25.2. The molecule has 8 nitrogen and oxygen atoms in total. The van der Waals surface area contributed by atoms with Gasteiger partial charge in [-0.1, -0.05) is 32.9 Å². The number of piperazine rings is 1. The first-order chi connectivity index (χ1) is 16.7. The Labute approximate surface area is 243 Å². The largest absolute Gasteiger partial charge is 0.478 e. The third-order valence-electron chi connectivity index (χ3n) is 6.30. The predicted molar refractivity (Wildman–Crippen MR) is 161 cm³/mol. The number of benzene rings is 2. The molecule has 0 saturated carbocycles. The molecule has 0 atom stereocenters. The van der Waals surface area contributed by atoms with Gasteiger partial charge < -0.3 is 14.9 Å². The first-order valence-corrected chi connectivity index (χ1v) is 13.4. The molecule has 210 valence electrons. The maximum atomic E-state index is 12.9. The third-order valence-corrected chi connectivity index (χ3v) is 7.70. The van der Waals surface area contributed by atoms with Crippen molar-refractivity contribution >= 4 is 75.6 Å². The number of sulfonamides is 1. The van der Waals surface area contributed by atoms with Crippen molar-refractivity contribution in [3.8, 4) is 0 Å². The number of pyridine rings is 1. The van der Waals surface area contributed by atoms with Crippen molar-refractivity contribution in [2.45, 2.75) is 32.1 Å². The number of aromatic nitrogens is 1. The highest BCUT2D eigenvalue weighted by Crippen LogP contribution is 2.28. The monoisotopic (exact) mass is 604 g/mol. The van der Waals surface area contributed by atoms with Gasteiger partial charge in [-0.2, -0.15) is 0 Å². The van der Waals surface area contributed by atoms with Crippen LogP contribution in [0, 0.1) is 5.92 Å². The van der Waals surface area contributed by atoms with Crippen LogP contribution < -0.4 is 9.62 Å². The minimum atomic E-state index is -3.82. The first-order valence-electron chi connectivity index (χ1n) is 11.9. The fourth-order valence-corrected chi connectivity index (χ4v) is 5.45. The number of nitrogens with zero attached hydrogens (tertiary/aromatic N) is 3. The number of nitrogens with one attached hydrogen (secondary N) is 1. The number of hydrogen-bond acceptors (Lipinski definition) is 6. The van der Waals surface area contributed by atoms with E-state index in [1.165, 1.54) is 6.07 Å². The number of carboxylic acids is 1. The molecule has 1 fully saturated rings. The Balaban J connectivity index is 0.00000241. The van der Waals surface area contributed by atoms with Crippen molar-refractivity contribution in [2.75, 3.05) is 42.3 Å². The molecule has 1 aromatic heterocycles. The fraction of sp³-hybridized carbons (Fsp3) is 0.385. The summed E-state index contributed by atoms with van der Waals surface area (Å²) in [5.74, 6) is 0.0266. The molecule has 0 bridgehead atoms. The van der Waals surface area contributed by atoms with E-state index in [0.29, 0.717) is 22.6 Å². The van der Waals surface area contributed by atoms with Crippen molar-refractivity contribution in [1.29, 1.82) is 0 Å². The van der Waals surface area contributed by atoms with Crippen LogP contribution in [-0.4, -0.2) is 62.1 Å². The van der Waals surface area contributed by atoms with Crippen molar-refractivity contribution in [3.63, 3.8) is 0 Å². The highest BCUT2D eigenvalue weighted by Gasteiger charge is 2.21. The van der Waals surface area contributed by atoms with Crippen LogP contribution in [-0.2, 0) is 16.4 Å². The van der Waals surface area contributed by atoms with Gasteiger partial charge in [0.05, 0.1) is 16.0 Å². The number of hydrogen-bond donors (Lipinski definition) is 2. The second kappa shape index (κ2) is 14.2. The number of aromatic carboxylic acids is 1. The van der Waals surface area contributed by atoms with Gasteiger partial charge in [0, 0.05) is 37.3 Å². The Morgan fingerprint density at radius 3 is 2.18 bits per heavy atom. The summed E-state index contributed by atoms with van der Waals surface area (Å²) in [6.07, 6.45) is 0.875. The summed E-state index contributed by atoms with van der Waals surface area (Å²) in [7, 11) is -3.82. The topological polar surface area (TPSA) is 103 Å². The lowest BCUT2D eigenvalue weighted by Gasteiger charge is -2.35. The molecule has 0 radical (unpaired) electrons. The van der Waals surface area contributed by atoms with Gasteiger partial charge in [0.2, 0.25) is 0 Å². The number of anilines is 2. The molecule has 2 aromatic carbocycles. The van der Waals surface area contributed by atoms with Gasteiger partial charge in [0.15, 0.2) is 0 Å². The average molecular weight is 606 g/mol. The van der Waals surface area contributed by atoms with Gasteiger partial charge in [-0.05, 0) is 60.8 Å². The van der Waals surface area contributed by atoms with Crippen LogP contribution in [0.25, 0.3) is 10.9 Å². The highest BCUT2D eigenvalue weighted by molar-refractivity contribution is 7.92. The van der Waals surface area contributed by atoms with E-state index in [1.807, 2.05) is 12.1 Å². The van der Waals surface area contributed by atoms with Gasteiger partial charge in [0.1, 0.15) is 5.82 Å². The summed E-state index contributed by atoms with van der Waals surface area (Å²) in [5.41, 5.74) is 1.98. The molecule has 38 heavy (non-hydrogen) atoms. The molecular weight excluding hydrogens is 571 g/mol. The van der Waals surface area contributed by atoms with E-state index in [0.717, 1.165) is 44.7 Å². The second-order valence-corrected chi connectivity index (χ2v) is 11.0. The van der Waals surface area contributed by atoms with Crippen LogP contribution in [0.2, 0.25) is 0 Å². The number of rotatable bonds is 8. The standard InChI is InChI=1S/C26H32N4O4S.3ClH/c1-4-29-11-13-30(14-12-29)25-17-23(26(31)32)22-16-20(7-10-24(22)27-25)28-35(33,34)21-8-5-19(6-9-21)15-18(2)3;;;/h5-10,16-18,28H,4,11-15H2,1-3H3,(H,31,32);3*1H. The molecule has 0 amide bonds. The van der Waals surface area contributed by atoms with Crippen LogP contribution >= 0.6 is 37.2 Å². The number of carboxylic acid groups (broad SMARTS) is 1. The molecule has 1 saturated heterocycles. The van der Waals surface area contributed by atoms with E-state index in [9.17, 15) is 18.3 Å². The normalized spacial score (nSPS) is 13.8. The van der Waals surface area contributed by atoms with Gasteiger partial charge in [0.25, 0.3) is 10.0 Å². The molecule has 2 heterocycles. The zero-order valence-electron chi connectivity index (χ0n) is 21.6. The number of halogens is 3. The van der Waals surface area contributed by atoms with Gasteiger partial charge >= 0.3 is 5.97 Å². The molecule has 2 N–H and O–H groups in total. The Bertz CT molecular complexity index is 1330. The van der Waals surface area contributed by atoms with E-state index in [1.54, 1.807) is 30.3 Å². The van der Waals surface area contributed by atoms with Gasteiger partial charge in [-0.25, -0.2) is 18.2 Å². The van der Waals surface area contributed by atoms with E-state index in [-0.39, 0.29) is 53.4 Å². The third kappa shape index (κ3) is 7.86. The van der Waals surface area contributed by atoms with Crippen LogP contribution in [0.1, 0.15) is 36.7 Å². The average Bonchev–Trinajstić information content (AvgIpc) is 2.83. The lowest BCUT2D eigenvalue weighted by Crippen LogP contribution is -2.46. The SMILES string of the molecule is CCN1CCN(c2cc(C(=O)O)c3cc(NS(=O)(=O)c4ccc(CC(C)C)cc4)ccc3n2)CC1.Cl.Cl.Cl. The number of fused-ring (bicyclic) bond motifs is 1. The van der Waals surface area contributed by atoms with Crippen molar-refractivity contribution in [2.24, 2.45) is 5.92 Å². The molecule has 0 spiro atoms. The molecule has 3 aromatic rings. The molecular formula is C26H35Cl3N4O4S. The Hall–Kier alpha value is -2.30. The van der Waals surface area contributed by atoms with Crippen LogP contribution in [0.5, 0.6) is 0 Å². The minimum absolute atomic E-state index is 0. The lowest BCUT2D eigenvalue weighted by atomic mass is 10.0. The molecule has 4 rings (SSSR count). The molecule has 1 aliphatic heterocycles. The first kappa shape index (κ1) is 33.7. The lowest BCUT2D eigenvalue weighted by molar-refractivity contribution is 0.0699. The Morgan fingerprint density at radius 1 is 1.00 bits per heavy atom. The predicted octanol–water partition coefficient (Wildman–Crippen LogP) is 5.34. The second-order valence-electron chi connectivity index (χ2n) is 9.33. The minimum Gasteiger partial charge on any atom is -0.478 e. The summed E-state index contributed by atoms with van der Waals surface area (Å²) in [5, 5.41) is 10.3. The number of likely N-dealkylation sites (N-methyl/N-ethyl adjacent to an activating group) is 1. The number of carbonyl (C=O) groups is 1. The summed E-state index contributed by atoms with van der Waals surface area (Å²) < 4.78 is 28.5. The molecule has 0 unspecified atom stereocenters. The quantitative estimate of drug-likeness (QED) is 0.357. The van der Waals surface area contributed by atoms with Crippen LogP contribution in [0.4, 0.5) is 11.5 Å². The van der Waals surface area contributed by atoms with Crippen LogP contribution in [0.3, 0.4) is 0 Å². The molecule has 0 aliphatic carbocycles. The zero-order valence-corrected chi connectivity index (χ0v) is 24.9. The van der Waals surface area contributed by atoms with E-state index in [2.05, 4.69) is 40.3 Å². The smallest absolute Gasteiger partial charge is 0.336 e. The van der Waals surface area contributed by atoms with Crippen molar-refractivity contribution in [3.05, 3.63) is 59.7 Å². The van der Waals surface area contributed by atoms with E-state index in [4.69, 9.17) is 0 Å². The summed E-state index contributed by atoms with van der Waals surface area (Å²) in [6.45, 7) is 10.7. The highest BCUT2D eigenvalue weighted by atomic mass is 35.5. The van der Waals surface area contributed by atoms with Crippen molar-refractivity contribution < 1.29 is 18.3 Å². The maximum absolute atomic E-state index is 12.9. The van der Waals surface area contributed by atoms with Crippen LogP contribution in [0.15, 0.2) is 53.4 Å². The van der Waals surface area contributed by atoms with Gasteiger partial charge in [-0.15, -0.1) is 37.2 Å². The van der Waals surface area contributed by atoms with E-state index >= 15 is 0 Å². The summed E-state index contributed by atoms with van der Waals surface area (Å²) >= 11 is 0. The van der Waals surface area contributed by atoms with Gasteiger partial charge in [-0.3, -0.25) is 4.72 Å². The summed E-state index contributed by atoms with van der Waals surface area (Å²) in [6, 6.07) is 13.2. The molecule has 1 aliphatic rings. The van der Waals surface area contributed by atoms with E-state index < -0.39 is 16.0 Å². The maximum Gasteiger partial charge on any atom is 0.336 e. The van der Waals surface area contributed by atoms with Crippen molar-refractivity contribution in [1.82, 2.24) is 9.88 Å². The Kier molecular flexibility index (Phi) is 12.6. The Morgan fingerprint density at radius 2 is 1.63 bits per heavy atom.